The summed E-state index contributed by atoms with van der Waals surface area (Å²) in [5.74, 6) is 0.0225. The van der Waals surface area contributed by atoms with E-state index in [4.69, 9.17) is 28.9 Å². The molecule has 0 spiro atoms. The summed E-state index contributed by atoms with van der Waals surface area (Å²) in [6.07, 6.45) is 1.68. The molecular formula is C13H15Cl2N5OS. The number of benzene rings is 1. The first-order chi connectivity index (χ1) is 10.6. The lowest BCUT2D eigenvalue weighted by Gasteiger charge is -2.30. The fourth-order valence-corrected chi connectivity index (χ4v) is 3.65. The van der Waals surface area contributed by atoms with Crippen molar-refractivity contribution in [1.82, 2.24) is 13.6 Å². The summed E-state index contributed by atoms with van der Waals surface area (Å²) in [4.78, 5) is 14.1. The average molecular weight is 360 g/mol. The molecule has 0 atom stereocenters. The van der Waals surface area contributed by atoms with E-state index in [-0.39, 0.29) is 18.5 Å². The molecule has 22 heavy (non-hydrogen) atoms. The highest BCUT2D eigenvalue weighted by Crippen LogP contribution is 2.35. The van der Waals surface area contributed by atoms with Gasteiger partial charge < -0.3 is 16.0 Å². The fourth-order valence-electron chi connectivity index (χ4n) is 2.47. The van der Waals surface area contributed by atoms with Crippen molar-refractivity contribution in [1.29, 1.82) is 0 Å². The Morgan fingerprint density at radius 3 is 2.73 bits per heavy atom. The van der Waals surface area contributed by atoms with Gasteiger partial charge >= 0.3 is 0 Å². The Morgan fingerprint density at radius 1 is 1.32 bits per heavy atom. The molecule has 0 saturated carbocycles. The molecule has 1 saturated heterocycles. The summed E-state index contributed by atoms with van der Waals surface area (Å²) >= 11 is 13.3. The minimum absolute atomic E-state index is 0.0225. The molecule has 0 unspecified atom stereocenters. The minimum atomic E-state index is 0.0225. The van der Waals surface area contributed by atoms with E-state index in [0.29, 0.717) is 39.9 Å². The Kier molecular flexibility index (Phi) is 4.67. The number of nitrogens with zero attached hydrogens (tertiary/aromatic N) is 3. The number of carbonyl (C=O) groups is 1. The fraction of sp³-hybridized carbons (Fsp3) is 0.462. The Balaban J connectivity index is 1.71. The number of likely N-dealkylation sites (tertiary alicyclic amines) is 1. The van der Waals surface area contributed by atoms with Crippen molar-refractivity contribution < 1.29 is 4.79 Å². The normalized spacial score (nSPS) is 16.2. The van der Waals surface area contributed by atoms with Gasteiger partial charge in [-0.3, -0.25) is 4.79 Å². The minimum Gasteiger partial charge on any atom is -0.373 e. The summed E-state index contributed by atoms with van der Waals surface area (Å²) in [7, 11) is 0. The van der Waals surface area contributed by atoms with E-state index in [9.17, 15) is 4.79 Å². The number of hydrogen-bond donors (Lipinski definition) is 2. The second-order valence-corrected chi connectivity index (χ2v) is 6.59. The predicted octanol–water partition coefficient (Wildman–Crippen LogP) is 2.36. The monoisotopic (exact) mass is 359 g/mol. The second kappa shape index (κ2) is 6.54. The molecule has 0 bridgehead atoms. The van der Waals surface area contributed by atoms with Gasteiger partial charge in [-0.1, -0.05) is 23.2 Å². The van der Waals surface area contributed by atoms with Crippen LogP contribution in [0.3, 0.4) is 0 Å². The zero-order valence-corrected chi connectivity index (χ0v) is 14.0. The number of piperidine rings is 1. The molecule has 1 aromatic heterocycles. The van der Waals surface area contributed by atoms with Crippen LogP contribution in [0.2, 0.25) is 10.0 Å². The number of halogens is 2. The van der Waals surface area contributed by atoms with E-state index in [0.717, 1.165) is 24.6 Å². The first-order valence-corrected chi connectivity index (χ1v) is 8.42. The molecule has 1 aromatic carbocycles. The van der Waals surface area contributed by atoms with Crippen molar-refractivity contribution in [3.05, 3.63) is 16.1 Å². The second-order valence-electron chi connectivity index (χ2n) is 5.25. The van der Waals surface area contributed by atoms with Crippen molar-refractivity contribution in [3.8, 4) is 0 Å². The van der Waals surface area contributed by atoms with Crippen LogP contribution >= 0.6 is 34.9 Å². The number of nitrogens with two attached hydrogens (primary N) is 1. The maximum absolute atomic E-state index is 12.3. The number of fused-ring (bicyclic) bond motifs is 1. The first kappa shape index (κ1) is 15.7. The molecular weight excluding hydrogens is 345 g/mol. The van der Waals surface area contributed by atoms with E-state index in [2.05, 4.69) is 14.1 Å². The highest BCUT2D eigenvalue weighted by molar-refractivity contribution is 7.00. The molecule has 0 radical (unpaired) electrons. The number of carbonyl (C=O) groups excluding carboxylic acids is 1. The SMILES string of the molecule is NC1CCN(C(=O)CNc2c(Cl)cc(Cl)c3nsnc23)CC1. The largest absolute Gasteiger partial charge is 0.373 e. The lowest BCUT2D eigenvalue weighted by molar-refractivity contribution is -0.130. The van der Waals surface area contributed by atoms with E-state index >= 15 is 0 Å². The van der Waals surface area contributed by atoms with Crippen LogP contribution in [0.5, 0.6) is 0 Å². The molecule has 118 valence electrons. The molecule has 1 amide bonds. The molecule has 1 fully saturated rings. The van der Waals surface area contributed by atoms with E-state index in [1.54, 1.807) is 6.07 Å². The molecule has 9 heteroatoms. The number of rotatable bonds is 3. The number of amides is 1. The molecule has 1 aliphatic rings. The van der Waals surface area contributed by atoms with Crippen LogP contribution in [-0.4, -0.2) is 45.2 Å². The molecule has 1 aliphatic heterocycles. The quantitative estimate of drug-likeness (QED) is 0.878. The first-order valence-electron chi connectivity index (χ1n) is 6.93. The summed E-state index contributed by atoms with van der Waals surface area (Å²) in [6.45, 7) is 1.55. The highest BCUT2D eigenvalue weighted by Gasteiger charge is 2.21. The lowest BCUT2D eigenvalue weighted by atomic mass is 10.1. The third-order valence-corrected chi connectivity index (χ3v) is 4.87. The third kappa shape index (κ3) is 3.12. The Labute approximate surface area is 141 Å². The highest BCUT2D eigenvalue weighted by atomic mass is 35.5. The lowest BCUT2D eigenvalue weighted by Crippen LogP contribution is -2.44. The van der Waals surface area contributed by atoms with Crippen LogP contribution in [0, 0.1) is 0 Å². The zero-order chi connectivity index (χ0) is 15.7. The molecule has 6 nitrogen and oxygen atoms in total. The Bertz CT molecular complexity index is 699. The van der Waals surface area contributed by atoms with Gasteiger partial charge in [-0.05, 0) is 18.9 Å². The summed E-state index contributed by atoms with van der Waals surface area (Å²) in [5, 5.41) is 3.95. The van der Waals surface area contributed by atoms with Gasteiger partial charge in [0.05, 0.1) is 34.0 Å². The Morgan fingerprint density at radius 2 is 2.00 bits per heavy atom. The van der Waals surface area contributed by atoms with Crippen molar-refractivity contribution in [2.45, 2.75) is 18.9 Å². The van der Waals surface area contributed by atoms with E-state index in [1.165, 1.54) is 0 Å². The summed E-state index contributed by atoms with van der Waals surface area (Å²) in [5.41, 5.74) is 7.63. The van der Waals surface area contributed by atoms with Gasteiger partial charge in [0.2, 0.25) is 5.91 Å². The van der Waals surface area contributed by atoms with Gasteiger partial charge in [-0.15, -0.1) is 0 Å². The van der Waals surface area contributed by atoms with E-state index < -0.39 is 0 Å². The van der Waals surface area contributed by atoms with Crippen molar-refractivity contribution in [3.63, 3.8) is 0 Å². The van der Waals surface area contributed by atoms with Crippen LogP contribution in [0.15, 0.2) is 6.07 Å². The van der Waals surface area contributed by atoms with Crippen LogP contribution < -0.4 is 11.1 Å². The molecule has 3 N–H and O–H groups in total. The number of hydrogen-bond acceptors (Lipinski definition) is 6. The van der Waals surface area contributed by atoms with Gasteiger partial charge in [-0.25, -0.2) is 0 Å². The molecule has 2 aromatic rings. The standard InChI is InChI=1S/C13H15Cl2N5OS/c14-8-5-9(15)12-13(19-22-18-12)11(8)17-6-10(21)20-3-1-7(16)2-4-20/h5,7,17H,1-4,6,16H2. The molecule has 0 aliphatic carbocycles. The Hall–Kier alpha value is -1.15. The van der Waals surface area contributed by atoms with Crippen LogP contribution in [0.1, 0.15) is 12.8 Å². The zero-order valence-electron chi connectivity index (χ0n) is 11.7. The third-order valence-electron chi connectivity index (χ3n) is 3.75. The van der Waals surface area contributed by atoms with Crippen LogP contribution in [0.25, 0.3) is 11.0 Å². The predicted molar refractivity (Wildman–Crippen MR) is 89.7 cm³/mol. The van der Waals surface area contributed by atoms with Gasteiger partial charge in [0, 0.05) is 19.1 Å². The number of aromatic nitrogens is 2. The van der Waals surface area contributed by atoms with Gasteiger partial charge in [0.1, 0.15) is 11.0 Å². The van der Waals surface area contributed by atoms with Crippen LogP contribution in [0.4, 0.5) is 5.69 Å². The van der Waals surface area contributed by atoms with Crippen LogP contribution in [-0.2, 0) is 4.79 Å². The maximum Gasteiger partial charge on any atom is 0.241 e. The van der Waals surface area contributed by atoms with Gasteiger partial charge in [0.15, 0.2) is 0 Å². The van der Waals surface area contributed by atoms with Gasteiger partial charge in [-0.2, -0.15) is 8.75 Å². The van der Waals surface area contributed by atoms with Gasteiger partial charge in [0.25, 0.3) is 0 Å². The number of anilines is 1. The van der Waals surface area contributed by atoms with Crippen molar-refractivity contribution in [2.75, 3.05) is 25.0 Å². The van der Waals surface area contributed by atoms with E-state index in [1.807, 2.05) is 4.90 Å². The maximum atomic E-state index is 12.3. The average Bonchev–Trinajstić information content (AvgIpc) is 2.97. The van der Waals surface area contributed by atoms with Crippen molar-refractivity contribution >= 4 is 57.6 Å². The van der Waals surface area contributed by atoms with Crippen molar-refractivity contribution in [2.24, 2.45) is 5.73 Å². The molecule has 2 heterocycles. The summed E-state index contributed by atoms with van der Waals surface area (Å²) < 4.78 is 8.33. The molecule has 3 rings (SSSR count). The topological polar surface area (TPSA) is 84.1 Å². The summed E-state index contributed by atoms with van der Waals surface area (Å²) in [6, 6.07) is 1.81. The smallest absolute Gasteiger partial charge is 0.241 e. The number of nitrogens with one attached hydrogen (secondary N) is 1.